The Bertz CT molecular complexity index is 413. The van der Waals surface area contributed by atoms with Crippen molar-refractivity contribution in [3.63, 3.8) is 0 Å². The molecule has 0 amide bonds. The summed E-state index contributed by atoms with van der Waals surface area (Å²) in [4.78, 5) is 4.46. The van der Waals surface area contributed by atoms with Crippen LogP contribution >= 0.6 is 0 Å². The number of ether oxygens (including phenoxy) is 1. The number of hydrogen-bond acceptors (Lipinski definition) is 5. The zero-order valence-corrected chi connectivity index (χ0v) is 12.4. The molecule has 1 unspecified atom stereocenters. The normalized spacial score (nSPS) is 20.1. The van der Waals surface area contributed by atoms with Crippen LogP contribution in [0.15, 0.2) is 4.52 Å². The highest BCUT2D eigenvalue weighted by atomic mass is 16.5. The summed E-state index contributed by atoms with van der Waals surface area (Å²) in [6, 6.07) is 0.0492. The summed E-state index contributed by atoms with van der Waals surface area (Å²) >= 11 is 0. The molecule has 1 aromatic heterocycles. The molecule has 1 saturated carbocycles. The number of nitrogens with two attached hydrogens (primary N) is 1. The number of hydrogen-bond donors (Lipinski definition) is 1. The van der Waals surface area contributed by atoms with Crippen molar-refractivity contribution in [1.82, 2.24) is 10.1 Å². The maximum Gasteiger partial charge on any atom is 0.228 e. The fourth-order valence-corrected chi connectivity index (χ4v) is 2.62. The van der Waals surface area contributed by atoms with Crippen molar-refractivity contribution in [3.8, 4) is 0 Å². The molecular formula is C14H25N3O2. The Balaban J connectivity index is 1.98. The van der Waals surface area contributed by atoms with Gasteiger partial charge in [-0.15, -0.1) is 0 Å². The van der Waals surface area contributed by atoms with Crippen LogP contribution in [0.1, 0.15) is 58.2 Å². The Morgan fingerprint density at radius 3 is 2.58 bits per heavy atom. The van der Waals surface area contributed by atoms with Crippen molar-refractivity contribution in [3.05, 3.63) is 11.7 Å². The highest BCUT2D eigenvalue weighted by Crippen LogP contribution is 2.42. The average Bonchev–Trinajstić information content (AvgIpc) is 2.62. The van der Waals surface area contributed by atoms with Crippen LogP contribution in [0.5, 0.6) is 0 Å². The third kappa shape index (κ3) is 3.34. The molecule has 19 heavy (non-hydrogen) atoms. The van der Waals surface area contributed by atoms with E-state index in [4.69, 9.17) is 15.0 Å². The Hall–Kier alpha value is -0.940. The maximum absolute atomic E-state index is 6.13. The standard InChI is InChI=1S/C14H25N3O2/c1-13(2,3)9-10(15)8-11-16-12(17-19-11)14(18-4)6-5-7-14/h10H,5-9,15H2,1-4H3. The summed E-state index contributed by atoms with van der Waals surface area (Å²) in [5.74, 6) is 1.30. The molecule has 5 nitrogen and oxygen atoms in total. The Morgan fingerprint density at radius 2 is 2.11 bits per heavy atom. The summed E-state index contributed by atoms with van der Waals surface area (Å²) in [7, 11) is 1.71. The summed E-state index contributed by atoms with van der Waals surface area (Å²) in [5, 5.41) is 4.06. The van der Waals surface area contributed by atoms with E-state index in [1.165, 1.54) is 0 Å². The molecule has 1 aromatic rings. The minimum absolute atomic E-state index is 0.0492. The maximum atomic E-state index is 6.13. The van der Waals surface area contributed by atoms with Crippen molar-refractivity contribution in [2.75, 3.05) is 7.11 Å². The van der Waals surface area contributed by atoms with Gasteiger partial charge in [0, 0.05) is 19.6 Å². The molecule has 1 atom stereocenters. The zero-order valence-electron chi connectivity index (χ0n) is 12.4. The monoisotopic (exact) mass is 267 g/mol. The van der Waals surface area contributed by atoms with Crippen LogP contribution in [0.3, 0.4) is 0 Å². The van der Waals surface area contributed by atoms with Gasteiger partial charge in [0.05, 0.1) is 0 Å². The van der Waals surface area contributed by atoms with Gasteiger partial charge in [0.15, 0.2) is 0 Å². The van der Waals surface area contributed by atoms with Gasteiger partial charge in [-0.25, -0.2) is 0 Å². The van der Waals surface area contributed by atoms with E-state index in [-0.39, 0.29) is 17.1 Å². The fourth-order valence-electron chi connectivity index (χ4n) is 2.62. The van der Waals surface area contributed by atoms with Gasteiger partial charge in [0.1, 0.15) is 5.60 Å². The molecule has 1 aliphatic rings. The molecule has 0 aromatic carbocycles. The minimum Gasteiger partial charge on any atom is -0.370 e. The second-order valence-corrected chi connectivity index (χ2v) is 6.79. The van der Waals surface area contributed by atoms with E-state index in [1.807, 2.05) is 0 Å². The first kappa shape index (κ1) is 14.5. The van der Waals surface area contributed by atoms with Crippen LogP contribution in [-0.2, 0) is 16.8 Å². The Morgan fingerprint density at radius 1 is 1.42 bits per heavy atom. The first-order valence-corrected chi connectivity index (χ1v) is 6.98. The molecule has 5 heteroatoms. The van der Waals surface area contributed by atoms with Gasteiger partial charge < -0.3 is 15.0 Å². The van der Waals surface area contributed by atoms with E-state index in [0.717, 1.165) is 25.7 Å². The smallest absolute Gasteiger partial charge is 0.228 e. The van der Waals surface area contributed by atoms with Crippen LogP contribution in [0, 0.1) is 5.41 Å². The molecule has 2 rings (SSSR count). The van der Waals surface area contributed by atoms with Gasteiger partial charge in [-0.2, -0.15) is 4.98 Å². The second-order valence-electron chi connectivity index (χ2n) is 6.79. The van der Waals surface area contributed by atoms with Crippen LogP contribution in [-0.4, -0.2) is 23.3 Å². The molecule has 1 heterocycles. The summed E-state index contributed by atoms with van der Waals surface area (Å²) in [6.45, 7) is 6.54. The second kappa shape index (κ2) is 5.21. The number of methoxy groups -OCH3 is 1. The number of aromatic nitrogens is 2. The lowest BCUT2D eigenvalue weighted by Gasteiger charge is -2.37. The quantitative estimate of drug-likeness (QED) is 0.886. The molecule has 0 aliphatic heterocycles. The van der Waals surface area contributed by atoms with Gasteiger partial charge in [-0.05, 0) is 31.1 Å². The molecule has 0 bridgehead atoms. The van der Waals surface area contributed by atoms with Crippen molar-refractivity contribution >= 4 is 0 Å². The Kier molecular flexibility index (Phi) is 3.97. The van der Waals surface area contributed by atoms with Crippen LogP contribution < -0.4 is 5.73 Å². The first-order chi connectivity index (χ1) is 8.85. The zero-order chi connectivity index (χ0) is 14.1. The molecular weight excluding hydrogens is 242 g/mol. The third-order valence-electron chi connectivity index (χ3n) is 3.74. The van der Waals surface area contributed by atoms with Crippen LogP contribution in [0.4, 0.5) is 0 Å². The molecule has 1 fully saturated rings. The molecule has 2 N–H and O–H groups in total. The van der Waals surface area contributed by atoms with E-state index >= 15 is 0 Å². The Labute approximate surface area is 114 Å². The van der Waals surface area contributed by atoms with Crippen molar-refractivity contribution in [1.29, 1.82) is 0 Å². The summed E-state index contributed by atoms with van der Waals surface area (Å²) < 4.78 is 10.9. The predicted octanol–water partition coefficient (Wildman–Crippen LogP) is 2.40. The minimum atomic E-state index is -0.310. The van der Waals surface area contributed by atoms with E-state index in [0.29, 0.717) is 18.1 Å². The topological polar surface area (TPSA) is 74.2 Å². The third-order valence-corrected chi connectivity index (χ3v) is 3.74. The highest BCUT2D eigenvalue weighted by Gasteiger charge is 2.43. The molecule has 0 radical (unpaired) electrons. The van der Waals surface area contributed by atoms with E-state index in [9.17, 15) is 0 Å². The van der Waals surface area contributed by atoms with Crippen LogP contribution in [0.2, 0.25) is 0 Å². The van der Waals surface area contributed by atoms with Crippen LogP contribution in [0.25, 0.3) is 0 Å². The number of nitrogens with zero attached hydrogens (tertiary/aromatic N) is 2. The molecule has 108 valence electrons. The number of rotatable bonds is 5. The highest BCUT2D eigenvalue weighted by molar-refractivity contribution is 5.07. The molecule has 1 aliphatic carbocycles. The van der Waals surface area contributed by atoms with Gasteiger partial charge in [-0.3, -0.25) is 0 Å². The lowest BCUT2D eigenvalue weighted by molar-refractivity contribution is -0.0858. The van der Waals surface area contributed by atoms with Gasteiger partial charge in [0.2, 0.25) is 11.7 Å². The van der Waals surface area contributed by atoms with E-state index in [2.05, 4.69) is 30.9 Å². The lowest BCUT2D eigenvalue weighted by Crippen LogP contribution is -2.37. The van der Waals surface area contributed by atoms with Crippen molar-refractivity contribution in [2.24, 2.45) is 11.1 Å². The summed E-state index contributed by atoms with van der Waals surface area (Å²) in [6.07, 6.45) is 4.65. The average molecular weight is 267 g/mol. The first-order valence-electron chi connectivity index (χ1n) is 6.98. The molecule has 0 saturated heterocycles. The SMILES string of the molecule is COC1(c2noc(CC(N)CC(C)(C)C)n2)CCC1. The van der Waals surface area contributed by atoms with Crippen molar-refractivity contribution < 1.29 is 9.26 Å². The van der Waals surface area contributed by atoms with E-state index in [1.54, 1.807) is 7.11 Å². The predicted molar refractivity (Wildman–Crippen MR) is 72.6 cm³/mol. The largest absolute Gasteiger partial charge is 0.370 e. The summed E-state index contributed by atoms with van der Waals surface area (Å²) in [5.41, 5.74) is 6.03. The molecule has 0 spiro atoms. The fraction of sp³-hybridized carbons (Fsp3) is 0.857. The van der Waals surface area contributed by atoms with Gasteiger partial charge in [0.25, 0.3) is 0 Å². The van der Waals surface area contributed by atoms with Crippen molar-refractivity contribution in [2.45, 2.75) is 64.5 Å². The van der Waals surface area contributed by atoms with Gasteiger partial charge >= 0.3 is 0 Å². The lowest BCUT2D eigenvalue weighted by atomic mass is 9.79. The van der Waals surface area contributed by atoms with Gasteiger partial charge in [-0.1, -0.05) is 25.9 Å². The van der Waals surface area contributed by atoms with E-state index < -0.39 is 0 Å².